The zero-order valence-corrected chi connectivity index (χ0v) is 19.3. The first kappa shape index (κ1) is 19.4. The van der Waals surface area contributed by atoms with Crippen molar-refractivity contribution in [2.24, 2.45) is 35.5 Å². The summed E-state index contributed by atoms with van der Waals surface area (Å²) in [5, 5.41) is 0. The molecule has 5 aliphatic rings. The van der Waals surface area contributed by atoms with Gasteiger partial charge in [-0.15, -0.1) is 0 Å². The van der Waals surface area contributed by atoms with Gasteiger partial charge in [0.1, 0.15) is 0 Å². The SMILES string of the molecule is C1SSCC2CC3CSSCC4CC1CC(CSSCC(C2)C3)C4. The number of hydrogen-bond donors (Lipinski definition) is 0. The molecular weight excluding hydrogens is 409 g/mol. The first-order valence-electron chi connectivity index (χ1n) is 9.58. The normalized spacial score (nSPS) is 45.0. The predicted octanol–water partition coefficient (Wildman–Crippen LogP) is 7.22. The van der Waals surface area contributed by atoms with Crippen molar-refractivity contribution in [3.05, 3.63) is 0 Å². The highest BCUT2D eigenvalue weighted by molar-refractivity contribution is 8.77. The molecule has 0 amide bonds. The summed E-state index contributed by atoms with van der Waals surface area (Å²) in [6.07, 6.45) is 9.11. The van der Waals surface area contributed by atoms with Crippen LogP contribution in [0.5, 0.6) is 0 Å². The lowest BCUT2D eigenvalue weighted by Crippen LogP contribution is -2.28. The van der Waals surface area contributed by atoms with Crippen molar-refractivity contribution in [3.8, 4) is 0 Å². The Morgan fingerprint density at radius 3 is 0.625 bits per heavy atom. The van der Waals surface area contributed by atoms with Crippen LogP contribution in [-0.2, 0) is 0 Å². The summed E-state index contributed by atoms with van der Waals surface area (Å²) in [6, 6.07) is 0. The van der Waals surface area contributed by atoms with Gasteiger partial charge in [0.15, 0.2) is 0 Å². The van der Waals surface area contributed by atoms with E-state index in [0.29, 0.717) is 0 Å². The minimum absolute atomic E-state index is 1.00. The molecule has 0 N–H and O–H groups in total. The van der Waals surface area contributed by atoms with E-state index < -0.39 is 0 Å². The third-order valence-electron chi connectivity index (χ3n) is 6.07. The molecule has 0 unspecified atom stereocenters. The Labute approximate surface area is 172 Å². The predicted molar refractivity (Wildman–Crippen MR) is 123 cm³/mol. The lowest BCUT2D eigenvalue weighted by molar-refractivity contribution is 0.242. The van der Waals surface area contributed by atoms with Gasteiger partial charge in [0.2, 0.25) is 0 Å². The van der Waals surface area contributed by atoms with Crippen LogP contribution in [0.2, 0.25) is 0 Å². The molecule has 5 fully saturated rings. The second kappa shape index (κ2) is 10.0. The van der Waals surface area contributed by atoms with Crippen LogP contribution in [0.1, 0.15) is 38.5 Å². The standard InChI is InChI=1S/C18H30S6/c1-13-2-15-3-14(1)8-20-22-11-17-4-16(10-21-19-7-13)5-18(6-17)12-24-23-9-15/h13-18H,1-12H2. The Bertz CT molecular complexity index is 287. The van der Waals surface area contributed by atoms with Crippen molar-refractivity contribution in [2.45, 2.75) is 38.5 Å². The molecule has 3 aliphatic heterocycles. The molecule has 0 nitrogen and oxygen atoms in total. The smallest absolute Gasteiger partial charge is 0.00655 e. The zero-order valence-electron chi connectivity index (χ0n) is 14.4. The number of rotatable bonds is 0. The molecule has 5 rings (SSSR count). The third kappa shape index (κ3) is 5.80. The zero-order chi connectivity index (χ0) is 16.2. The number of hydrogen-bond acceptors (Lipinski definition) is 6. The molecule has 6 bridgehead atoms. The maximum atomic E-state index is 2.22. The second-order valence-electron chi connectivity index (χ2n) is 8.32. The molecule has 0 atom stereocenters. The average molecular weight is 439 g/mol. The molecule has 0 spiro atoms. The van der Waals surface area contributed by atoms with Crippen LogP contribution < -0.4 is 0 Å². The van der Waals surface area contributed by atoms with Gasteiger partial charge in [0.05, 0.1) is 0 Å². The van der Waals surface area contributed by atoms with Gasteiger partial charge in [-0.3, -0.25) is 0 Å². The molecule has 2 saturated carbocycles. The van der Waals surface area contributed by atoms with E-state index in [9.17, 15) is 0 Å². The lowest BCUT2D eigenvalue weighted by atomic mass is 9.77. The van der Waals surface area contributed by atoms with Crippen LogP contribution in [0.15, 0.2) is 0 Å². The second-order valence-corrected chi connectivity index (χ2v) is 16.0. The van der Waals surface area contributed by atoms with E-state index in [1.807, 2.05) is 0 Å². The molecule has 0 aromatic carbocycles. The van der Waals surface area contributed by atoms with Crippen LogP contribution in [0, 0.1) is 35.5 Å². The maximum absolute atomic E-state index is 2.22. The van der Waals surface area contributed by atoms with Gasteiger partial charge in [-0.05, 0) is 74.0 Å². The van der Waals surface area contributed by atoms with Gasteiger partial charge in [-0.25, -0.2) is 0 Å². The van der Waals surface area contributed by atoms with Crippen LogP contribution in [0.3, 0.4) is 0 Å². The largest absolute Gasteiger partial charge is 0.0939 e. The molecule has 138 valence electrons. The van der Waals surface area contributed by atoms with Crippen LogP contribution in [0.4, 0.5) is 0 Å². The fourth-order valence-corrected chi connectivity index (χ4v) is 13.6. The van der Waals surface area contributed by atoms with Crippen molar-refractivity contribution in [2.75, 3.05) is 34.5 Å². The van der Waals surface area contributed by atoms with Crippen molar-refractivity contribution < 1.29 is 0 Å². The van der Waals surface area contributed by atoms with Crippen molar-refractivity contribution >= 4 is 64.8 Å². The average Bonchev–Trinajstić information content (AvgIpc) is 2.58. The van der Waals surface area contributed by atoms with E-state index in [2.05, 4.69) is 64.8 Å². The molecule has 3 saturated heterocycles. The highest BCUT2D eigenvalue weighted by Crippen LogP contribution is 2.47. The first-order valence-corrected chi connectivity index (χ1v) is 17.0. The minimum atomic E-state index is 1.00. The van der Waals surface area contributed by atoms with Gasteiger partial charge in [0.25, 0.3) is 0 Å². The lowest BCUT2D eigenvalue weighted by Gasteiger charge is -2.37. The molecule has 0 aromatic rings. The molecule has 0 radical (unpaired) electrons. The molecular formula is C18H30S6. The van der Waals surface area contributed by atoms with Crippen LogP contribution >= 0.6 is 64.8 Å². The van der Waals surface area contributed by atoms with Gasteiger partial charge in [0, 0.05) is 34.5 Å². The van der Waals surface area contributed by atoms with E-state index in [-0.39, 0.29) is 0 Å². The van der Waals surface area contributed by atoms with Crippen LogP contribution in [-0.4, -0.2) is 34.5 Å². The van der Waals surface area contributed by atoms with Crippen molar-refractivity contribution in [1.29, 1.82) is 0 Å². The summed E-state index contributed by atoms with van der Waals surface area (Å²) < 4.78 is 0. The fraction of sp³-hybridized carbons (Fsp3) is 1.00. The van der Waals surface area contributed by atoms with Crippen molar-refractivity contribution in [3.63, 3.8) is 0 Å². The molecule has 6 heteroatoms. The van der Waals surface area contributed by atoms with Gasteiger partial charge < -0.3 is 0 Å². The summed E-state index contributed by atoms with van der Waals surface area (Å²) >= 11 is 0. The Morgan fingerprint density at radius 2 is 0.458 bits per heavy atom. The van der Waals surface area contributed by atoms with E-state index in [1.54, 1.807) is 0 Å². The molecule has 24 heavy (non-hydrogen) atoms. The topological polar surface area (TPSA) is 0 Å². The Morgan fingerprint density at radius 1 is 0.292 bits per heavy atom. The Hall–Kier alpha value is 2.10. The maximum Gasteiger partial charge on any atom is 0.00655 e. The van der Waals surface area contributed by atoms with Gasteiger partial charge in [-0.2, -0.15) is 0 Å². The van der Waals surface area contributed by atoms with Gasteiger partial charge in [-0.1, -0.05) is 64.8 Å². The van der Waals surface area contributed by atoms with Crippen molar-refractivity contribution in [1.82, 2.24) is 0 Å². The van der Waals surface area contributed by atoms with Crippen LogP contribution in [0.25, 0.3) is 0 Å². The summed E-state index contributed by atoms with van der Waals surface area (Å²) in [4.78, 5) is 0. The van der Waals surface area contributed by atoms with Gasteiger partial charge >= 0.3 is 0 Å². The van der Waals surface area contributed by atoms with E-state index in [4.69, 9.17) is 0 Å². The number of fused-ring (bicyclic) bond motifs is 9. The fourth-order valence-electron chi connectivity index (χ4n) is 5.09. The Balaban J connectivity index is 1.50. The highest BCUT2D eigenvalue weighted by Gasteiger charge is 2.32. The molecule has 2 aliphatic carbocycles. The first-order chi connectivity index (χ1) is 11.8. The summed E-state index contributed by atoms with van der Waals surface area (Å²) in [5.74, 6) is 14.5. The summed E-state index contributed by atoms with van der Waals surface area (Å²) in [5.41, 5.74) is 0. The third-order valence-corrected chi connectivity index (χ3v) is 14.2. The summed E-state index contributed by atoms with van der Waals surface area (Å²) in [7, 11) is 13.3. The Kier molecular flexibility index (Phi) is 8.13. The molecule has 3 heterocycles. The highest BCUT2D eigenvalue weighted by atomic mass is 33.1. The van der Waals surface area contributed by atoms with E-state index in [1.165, 1.54) is 73.0 Å². The summed E-state index contributed by atoms with van der Waals surface area (Å²) in [6.45, 7) is 0. The van der Waals surface area contributed by atoms with E-state index in [0.717, 1.165) is 35.5 Å². The minimum Gasteiger partial charge on any atom is -0.0939 e. The molecule has 0 aromatic heterocycles. The van der Waals surface area contributed by atoms with E-state index >= 15 is 0 Å². The quantitative estimate of drug-likeness (QED) is 0.363. The monoisotopic (exact) mass is 438 g/mol.